The van der Waals surface area contributed by atoms with Crippen molar-refractivity contribution in [2.45, 2.75) is 72.5 Å². The van der Waals surface area contributed by atoms with E-state index in [9.17, 15) is 9.90 Å². The molecule has 6 fully saturated rings. The summed E-state index contributed by atoms with van der Waals surface area (Å²) in [6.07, 6.45) is 4.66. The lowest BCUT2D eigenvalue weighted by molar-refractivity contribution is -0.183. The number of ether oxygens (including phenoxy) is 1. The summed E-state index contributed by atoms with van der Waals surface area (Å²) in [6, 6.07) is 0. The Balaban J connectivity index is 1.30. The molecule has 1 N–H and O–H groups in total. The highest BCUT2D eigenvalue weighted by Crippen LogP contribution is 2.64. The van der Waals surface area contributed by atoms with Crippen LogP contribution in [-0.4, -0.2) is 34.8 Å². The fourth-order valence-electron chi connectivity index (χ4n) is 6.87. The molecule has 6 aliphatic carbocycles. The van der Waals surface area contributed by atoms with Crippen LogP contribution in [0.25, 0.3) is 0 Å². The van der Waals surface area contributed by atoms with Crippen molar-refractivity contribution < 1.29 is 14.6 Å². The molecule has 6 aliphatic rings. The first-order chi connectivity index (χ1) is 12.6. The van der Waals surface area contributed by atoms with Crippen LogP contribution in [0.1, 0.15) is 60.3 Å². The van der Waals surface area contributed by atoms with Crippen molar-refractivity contribution in [3.63, 3.8) is 0 Å². The van der Waals surface area contributed by atoms with Gasteiger partial charge in [-0.05, 0) is 66.1 Å². The van der Waals surface area contributed by atoms with Crippen LogP contribution in [0.4, 0.5) is 0 Å². The van der Waals surface area contributed by atoms with Crippen molar-refractivity contribution in [1.29, 1.82) is 0 Å². The second-order valence-corrected chi connectivity index (χ2v) is 13.4. The van der Waals surface area contributed by atoms with Crippen LogP contribution in [0, 0.1) is 46.3 Å². The van der Waals surface area contributed by atoms with Crippen molar-refractivity contribution in [3.05, 3.63) is 0 Å². The van der Waals surface area contributed by atoms with Gasteiger partial charge in [-0.2, -0.15) is 0 Å². The van der Waals surface area contributed by atoms with Gasteiger partial charge in [-0.25, -0.2) is 0 Å². The fraction of sp³-hybridized carbons (Fsp3) is 0.955. The molecule has 0 aliphatic heterocycles. The van der Waals surface area contributed by atoms with Gasteiger partial charge < -0.3 is 9.84 Å². The number of hydrogen-bond donors (Lipinski definition) is 1. The Morgan fingerprint density at radius 1 is 0.926 bits per heavy atom. The van der Waals surface area contributed by atoms with E-state index in [1.165, 1.54) is 12.8 Å². The van der Waals surface area contributed by atoms with Crippen molar-refractivity contribution in [1.82, 2.24) is 0 Å². The summed E-state index contributed by atoms with van der Waals surface area (Å²) >= 11 is 0. The number of carbonyl (C=O) groups excluding carboxylic acids is 1. The minimum atomic E-state index is -0.131. The van der Waals surface area contributed by atoms with Crippen LogP contribution in [0.2, 0.25) is 0 Å². The molecule has 4 bridgehead atoms. The highest BCUT2D eigenvalue weighted by molar-refractivity contribution is 8.76. The van der Waals surface area contributed by atoms with Gasteiger partial charge in [0.1, 0.15) is 6.10 Å². The minimum Gasteiger partial charge on any atom is -0.462 e. The van der Waals surface area contributed by atoms with Crippen LogP contribution < -0.4 is 0 Å². The molecule has 0 unspecified atom stereocenters. The van der Waals surface area contributed by atoms with E-state index in [2.05, 4.69) is 27.7 Å². The number of rotatable bonds is 6. The van der Waals surface area contributed by atoms with Gasteiger partial charge in [0.15, 0.2) is 0 Å². The molecular formula is C22H36O3S2. The largest absolute Gasteiger partial charge is 0.462 e. The van der Waals surface area contributed by atoms with Crippen LogP contribution in [-0.2, 0) is 9.53 Å². The zero-order valence-corrected chi connectivity index (χ0v) is 19.1. The predicted molar refractivity (Wildman–Crippen MR) is 113 cm³/mol. The maximum atomic E-state index is 11.6. The Bertz CT molecular complexity index is 590. The molecule has 0 spiro atoms. The molecule has 0 amide bonds. The topological polar surface area (TPSA) is 46.5 Å². The lowest BCUT2D eigenvalue weighted by Crippen LogP contribution is -2.59. The molecule has 27 heavy (non-hydrogen) atoms. The first-order valence-electron chi connectivity index (χ1n) is 10.7. The van der Waals surface area contributed by atoms with Crippen molar-refractivity contribution >= 4 is 27.6 Å². The van der Waals surface area contributed by atoms with Crippen molar-refractivity contribution in [2.75, 3.05) is 11.5 Å². The SMILES string of the molecule is CC(=O)O[C@H]1C[C@H]2C[C@@H]([C@@H]1CSSC[C@@H]1[C@@H](O)C[C@H]3C[C@@H]1C3(C)C)C2(C)C. The summed E-state index contributed by atoms with van der Waals surface area (Å²) in [4.78, 5) is 11.6. The number of aliphatic hydroxyl groups is 1. The number of hydrogen-bond acceptors (Lipinski definition) is 5. The molecule has 5 heteroatoms. The molecule has 154 valence electrons. The normalized spacial score (nSPS) is 46.1. The van der Waals surface area contributed by atoms with Crippen LogP contribution >= 0.6 is 21.6 Å². The van der Waals surface area contributed by atoms with Crippen molar-refractivity contribution in [2.24, 2.45) is 46.3 Å². The molecule has 0 saturated heterocycles. The van der Waals surface area contributed by atoms with Gasteiger partial charge >= 0.3 is 5.97 Å². The van der Waals surface area contributed by atoms with E-state index in [0.29, 0.717) is 40.4 Å². The highest BCUT2D eigenvalue weighted by atomic mass is 33.1. The number of esters is 1. The van der Waals surface area contributed by atoms with E-state index < -0.39 is 0 Å². The first kappa shape index (κ1) is 20.4. The summed E-state index contributed by atoms with van der Waals surface area (Å²) < 4.78 is 5.71. The predicted octanol–water partition coefficient (Wildman–Crippen LogP) is 5.02. The fourth-order valence-corrected chi connectivity index (χ4v) is 9.80. The second kappa shape index (κ2) is 7.12. The Labute approximate surface area is 172 Å². The number of carbonyl (C=O) groups is 1. The Morgan fingerprint density at radius 3 is 2.00 bits per heavy atom. The Morgan fingerprint density at radius 2 is 1.44 bits per heavy atom. The molecule has 0 aromatic heterocycles. The number of fused-ring (bicyclic) bond motifs is 4. The molecule has 0 heterocycles. The second-order valence-electron chi connectivity index (χ2n) is 10.8. The van der Waals surface area contributed by atoms with E-state index in [4.69, 9.17) is 4.74 Å². The molecule has 3 nitrogen and oxygen atoms in total. The third-order valence-corrected chi connectivity index (χ3v) is 11.6. The van der Waals surface area contributed by atoms with Gasteiger partial charge in [0.05, 0.1) is 6.10 Å². The monoisotopic (exact) mass is 412 g/mol. The third-order valence-electron chi connectivity index (χ3n) is 9.06. The smallest absolute Gasteiger partial charge is 0.302 e. The molecule has 0 aromatic carbocycles. The van der Waals surface area contributed by atoms with Crippen LogP contribution in [0.15, 0.2) is 0 Å². The lowest BCUT2D eigenvalue weighted by atomic mass is 9.45. The standard InChI is InChI=1S/C22H36O3S2/c1-12(23)25-20-9-14-7-18(22(14,4)5)16(20)11-27-26-10-15-17-6-13(8-19(15)24)21(17,2)3/h13-20,24H,6-11H2,1-5H3/t13-,14-,15+,16+,17+,18+,19+,20+/m1/s1. The first-order valence-corrected chi connectivity index (χ1v) is 13.2. The molecule has 0 radical (unpaired) electrons. The Hall–Kier alpha value is 0.130. The van der Waals surface area contributed by atoms with Gasteiger partial charge in [0.2, 0.25) is 0 Å². The molecular weight excluding hydrogens is 376 g/mol. The summed E-state index contributed by atoms with van der Waals surface area (Å²) in [5.74, 6) is 5.72. The van der Waals surface area contributed by atoms with Gasteiger partial charge in [-0.1, -0.05) is 49.3 Å². The molecule has 0 aromatic rings. The van der Waals surface area contributed by atoms with Gasteiger partial charge in [0.25, 0.3) is 0 Å². The summed E-state index contributed by atoms with van der Waals surface area (Å²) in [5, 5.41) is 10.5. The third kappa shape index (κ3) is 3.38. The van der Waals surface area contributed by atoms with Gasteiger partial charge in [0, 0.05) is 24.3 Å². The van der Waals surface area contributed by atoms with E-state index >= 15 is 0 Å². The van der Waals surface area contributed by atoms with Crippen molar-refractivity contribution in [3.8, 4) is 0 Å². The van der Waals surface area contributed by atoms with E-state index in [0.717, 1.165) is 30.3 Å². The van der Waals surface area contributed by atoms with Crippen LogP contribution in [0.3, 0.4) is 0 Å². The average Bonchev–Trinajstić information content (AvgIpc) is 2.59. The summed E-state index contributed by atoms with van der Waals surface area (Å²) in [6.45, 7) is 11.1. The van der Waals surface area contributed by atoms with E-state index in [1.54, 1.807) is 6.92 Å². The average molecular weight is 413 g/mol. The van der Waals surface area contributed by atoms with E-state index in [-0.39, 0.29) is 18.2 Å². The van der Waals surface area contributed by atoms with E-state index in [1.807, 2.05) is 21.6 Å². The maximum absolute atomic E-state index is 11.6. The molecule has 6 saturated carbocycles. The van der Waals surface area contributed by atoms with Crippen LogP contribution in [0.5, 0.6) is 0 Å². The Kier molecular flexibility index (Phi) is 5.38. The maximum Gasteiger partial charge on any atom is 0.302 e. The quantitative estimate of drug-likeness (QED) is 0.377. The summed E-state index contributed by atoms with van der Waals surface area (Å²) in [5.41, 5.74) is 0.820. The highest BCUT2D eigenvalue weighted by Gasteiger charge is 2.59. The van der Waals surface area contributed by atoms with Gasteiger partial charge in [-0.3, -0.25) is 4.79 Å². The molecule has 6 rings (SSSR count). The lowest BCUT2D eigenvalue weighted by Gasteiger charge is -2.62. The summed E-state index contributed by atoms with van der Waals surface area (Å²) in [7, 11) is 3.89. The van der Waals surface area contributed by atoms with Gasteiger partial charge in [-0.15, -0.1) is 0 Å². The zero-order chi connectivity index (χ0) is 19.6. The minimum absolute atomic E-state index is 0.107. The zero-order valence-electron chi connectivity index (χ0n) is 17.4. The molecule has 8 atom stereocenters. The number of aliphatic hydroxyl groups excluding tert-OH is 1.